The van der Waals surface area contributed by atoms with Gasteiger partial charge in [0.25, 0.3) is 0 Å². The van der Waals surface area contributed by atoms with Gasteiger partial charge in [-0.25, -0.2) is 4.98 Å². The zero-order chi connectivity index (χ0) is 33.9. The summed E-state index contributed by atoms with van der Waals surface area (Å²) in [5.74, 6) is 0. The first kappa shape index (κ1) is 30.2. The predicted molar refractivity (Wildman–Crippen MR) is 216 cm³/mol. The van der Waals surface area contributed by atoms with E-state index in [-0.39, 0.29) is 0 Å². The summed E-state index contributed by atoms with van der Waals surface area (Å²) in [7, 11) is 0. The van der Waals surface area contributed by atoms with Crippen molar-refractivity contribution in [3.05, 3.63) is 176 Å². The molecule has 4 nitrogen and oxygen atoms in total. The van der Waals surface area contributed by atoms with Gasteiger partial charge in [0.2, 0.25) is 0 Å². The molecule has 0 bridgehead atoms. The molecule has 0 saturated carbocycles. The van der Waals surface area contributed by atoms with Crippen molar-refractivity contribution in [1.29, 1.82) is 0 Å². The third kappa shape index (κ3) is 4.82. The van der Waals surface area contributed by atoms with Gasteiger partial charge in [-0.15, -0.1) is 0 Å². The number of benzene rings is 6. The molecule has 0 aliphatic rings. The van der Waals surface area contributed by atoms with Crippen LogP contribution in [0.5, 0.6) is 0 Å². The Hall–Kier alpha value is -5.70. The molecule has 10 aromatic rings. The summed E-state index contributed by atoms with van der Waals surface area (Å²) in [6.07, 6.45) is 7.49. The van der Waals surface area contributed by atoms with E-state index in [1.807, 2.05) is 24.8 Å². The Morgan fingerprint density at radius 3 is 1.71 bits per heavy atom. The maximum absolute atomic E-state index is 5.20. The van der Waals surface area contributed by atoms with Crippen LogP contribution in [-0.4, -0.2) is 34.5 Å². The fourth-order valence-corrected chi connectivity index (χ4v) is 12.4. The number of nitrogens with zero attached hydrogens (tertiary/aromatic N) is 4. The Bertz CT molecular complexity index is 2930. The number of aromatic nitrogens is 4. The molecular weight excluding hydrogens is 706 g/mol. The van der Waals surface area contributed by atoms with Crippen LogP contribution in [0.1, 0.15) is 0 Å². The van der Waals surface area contributed by atoms with Gasteiger partial charge in [0.1, 0.15) is 5.65 Å². The molecule has 240 valence electrons. The van der Waals surface area contributed by atoms with Gasteiger partial charge in [-0.2, -0.15) is 0 Å². The molecule has 6 heteroatoms. The third-order valence-electron chi connectivity index (χ3n) is 10.1. The predicted octanol–water partition coefficient (Wildman–Crippen LogP) is 9.45. The van der Waals surface area contributed by atoms with E-state index in [2.05, 4.69) is 181 Å². The standard InChI is InChI=1S/C45H29N4PSe/c51-50(36-21-25-46-26-22-36,37-23-27-47-28-24-37)35-17-13-31(14-18-35)30-9-11-32(12-10-30)34-16-19-39-40-20-15-33-5-1-2-6-38(33)44(40)45-48-41-7-3-4-8-42(41)49(45)43(39)29-34/h1-29H. The van der Waals surface area contributed by atoms with Gasteiger partial charge in [-0.05, 0) is 28.3 Å². The third-order valence-corrected chi connectivity index (χ3v) is 17.1. The first-order valence-electron chi connectivity index (χ1n) is 16.9. The van der Waals surface area contributed by atoms with Crippen molar-refractivity contribution in [3.8, 4) is 22.3 Å². The van der Waals surface area contributed by atoms with Crippen molar-refractivity contribution >= 4 is 85.6 Å². The average molecular weight is 736 g/mol. The molecule has 0 N–H and O–H groups in total. The molecule has 51 heavy (non-hydrogen) atoms. The number of imidazole rings is 1. The van der Waals surface area contributed by atoms with Gasteiger partial charge >= 0.3 is 190 Å². The molecule has 0 radical (unpaired) electrons. The van der Waals surface area contributed by atoms with Crippen LogP contribution in [0.3, 0.4) is 0 Å². The van der Waals surface area contributed by atoms with Crippen LogP contribution in [0.25, 0.3) is 71.4 Å². The van der Waals surface area contributed by atoms with Gasteiger partial charge in [-0.3, -0.25) is 4.40 Å². The van der Waals surface area contributed by atoms with Crippen LogP contribution in [-0.2, 0) is 0 Å². The minimum absolute atomic E-state index is 0.996. The summed E-state index contributed by atoms with van der Waals surface area (Å²) in [6.45, 7) is 0. The summed E-state index contributed by atoms with van der Waals surface area (Å²) in [6, 6.07) is 54.9. The molecule has 0 fully saturated rings. The van der Waals surface area contributed by atoms with Crippen molar-refractivity contribution in [3.63, 3.8) is 0 Å². The van der Waals surface area contributed by atoms with Crippen molar-refractivity contribution in [1.82, 2.24) is 19.4 Å². The Kier molecular flexibility index (Phi) is 7.08. The van der Waals surface area contributed by atoms with Gasteiger partial charge in [0.05, 0.1) is 11.0 Å². The Balaban J connectivity index is 1.06. The second kappa shape index (κ2) is 12.0. The summed E-state index contributed by atoms with van der Waals surface area (Å²) in [4.78, 5) is 13.8. The second-order valence-electron chi connectivity index (χ2n) is 12.8. The Labute approximate surface area is 302 Å². The van der Waals surface area contributed by atoms with Crippen LogP contribution in [0.4, 0.5) is 0 Å². The van der Waals surface area contributed by atoms with Crippen molar-refractivity contribution < 1.29 is 0 Å². The molecule has 0 amide bonds. The quantitative estimate of drug-likeness (QED) is 0.101. The van der Waals surface area contributed by atoms with Crippen molar-refractivity contribution in [2.75, 3.05) is 0 Å². The molecule has 0 spiro atoms. The number of pyridine rings is 3. The van der Waals surface area contributed by atoms with E-state index in [0.717, 1.165) is 22.2 Å². The summed E-state index contributed by atoms with van der Waals surface area (Å²) in [5.41, 5.74) is 7.02. The SMILES string of the molecule is [Se]=P(c1ccncc1)(c1ccncc1)c1ccc(-c2ccc(-c3ccc4c5ccc6ccccc6c5c5nc6ccccc6n5c4c3)cc2)cc1. The zero-order valence-corrected chi connectivity index (χ0v) is 30.0. The van der Waals surface area contributed by atoms with E-state index >= 15 is 0 Å². The summed E-state index contributed by atoms with van der Waals surface area (Å²) in [5, 5.41) is 9.86. The van der Waals surface area contributed by atoms with Gasteiger partial charge in [-0.1, -0.05) is 48.5 Å². The van der Waals surface area contributed by atoms with Crippen LogP contribution in [0.15, 0.2) is 176 Å². The molecule has 0 atom stereocenters. The van der Waals surface area contributed by atoms with E-state index in [1.54, 1.807) is 0 Å². The van der Waals surface area contributed by atoms with Crippen molar-refractivity contribution in [2.45, 2.75) is 0 Å². The fraction of sp³-hybridized carbons (Fsp3) is 0. The van der Waals surface area contributed by atoms with E-state index in [0.29, 0.717) is 0 Å². The number of hydrogen-bond acceptors (Lipinski definition) is 3. The monoisotopic (exact) mass is 736 g/mol. The molecule has 0 aliphatic carbocycles. The number of rotatable bonds is 5. The Morgan fingerprint density at radius 1 is 0.451 bits per heavy atom. The number of hydrogen-bond donors (Lipinski definition) is 0. The van der Waals surface area contributed by atoms with Crippen LogP contribution < -0.4 is 15.9 Å². The molecule has 6 aromatic carbocycles. The van der Waals surface area contributed by atoms with Crippen molar-refractivity contribution in [2.24, 2.45) is 0 Å². The van der Waals surface area contributed by atoms with E-state index in [4.69, 9.17) is 4.98 Å². The molecular formula is C45H29N4PSe. The Morgan fingerprint density at radius 2 is 1.00 bits per heavy atom. The van der Waals surface area contributed by atoms with Crippen LogP contribution in [0.2, 0.25) is 0 Å². The first-order chi connectivity index (χ1) is 25.2. The van der Waals surface area contributed by atoms with Gasteiger partial charge in [0.15, 0.2) is 0 Å². The molecule has 0 saturated heterocycles. The molecule has 10 rings (SSSR count). The molecule has 4 aromatic heterocycles. The maximum atomic E-state index is 5.20. The fourth-order valence-electron chi connectivity index (χ4n) is 7.57. The average Bonchev–Trinajstić information content (AvgIpc) is 3.61. The minimum atomic E-state index is -1.97. The molecule has 0 unspecified atom stereocenters. The zero-order valence-electron chi connectivity index (χ0n) is 27.4. The number of para-hydroxylation sites is 2. The summed E-state index contributed by atoms with van der Waals surface area (Å²) < 4.78 is 2.35. The van der Waals surface area contributed by atoms with E-state index in [9.17, 15) is 0 Å². The second-order valence-corrected chi connectivity index (χ2v) is 19.1. The van der Waals surface area contributed by atoms with E-state index in [1.165, 1.54) is 65.1 Å². The van der Waals surface area contributed by atoms with E-state index < -0.39 is 5.51 Å². The summed E-state index contributed by atoms with van der Waals surface area (Å²) >= 11 is 3.62. The molecule has 4 heterocycles. The van der Waals surface area contributed by atoms with Gasteiger partial charge in [0, 0.05) is 10.8 Å². The molecule has 0 aliphatic heterocycles. The van der Waals surface area contributed by atoms with Crippen LogP contribution in [0, 0.1) is 0 Å². The van der Waals surface area contributed by atoms with Gasteiger partial charge < -0.3 is 0 Å². The first-order valence-corrected chi connectivity index (χ1v) is 20.9. The topological polar surface area (TPSA) is 43.1 Å². The normalized spacial score (nSPS) is 12.0. The van der Waals surface area contributed by atoms with Crippen LogP contribution >= 0.6 is 5.51 Å². The number of fused-ring (bicyclic) bond motifs is 10.